The fraction of sp³-hybridized carbons (Fsp3) is 0.0769. The topological polar surface area (TPSA) is 92.3 Å². The first-order valence-corrected chi connectivity index (χ1v) is 9.88. The van der Waals surface area contributed by atoms with E-state index in [9.17, 15) is 21.2 Å². The van der Waals surface area contributed by atoms with Crippen molar-refractivity contribution >= 4 is 43.0 Å². The molecule has 124 valence electrons. The van der Waals surface area contributed by atoms with Crippen molar-refractivity contribution in [1.82, 2.24) is 0 Å². The lowest BCUT2D eigenvalue weighted by atomic mass is 10.3. The molecule has 0 heterocycles. The third-order valence-corrected chi connectivity index (χ3v) is 4.88. The second-order valence-electron chi connectivity index (χ2n) is 4.63. The minimum absolute atomic E-state index is 0.0812. The summed E-state index contributed by atoms with van der Waals surface area (Å²) in [5.41, 5.74) is 0.423. The highest BCUT2D eigenvalue weighted by Crippen LogP contribution is 2.22. The van der Waals surface area contributed by atoms with Crippen LogP contribution in [0.2, 0.25) is 5.02 Å². The van der Waals surface area contributed by atoms with E-state index in [0.717, 1.165) is 18.4 Å². The largest absolute Gasteiger partial charge is 0.284 e. The minimum Gasteiger partial charge on any atom is -0.284 e. The molecule has 0 aliphatic heterocycles. The zero-order valence-corrected chi connectivity index (χ0v) is 14.1. The molecule has 0 spiro atoms. The molecular formula is C13H12ClFN2O4S2. The van der Waals surface area contributed by atoms with E-state index in [2.05, 4.69) is 9.44 Å². The molecule has 2 aromatic rings. The molecule has 0 bridgehead atoms. The minimum atomic E-state index is -4.13. The molecular weight excluding hydrogens is 367 g/mol. The molecule has 6 nitrogen and oxygen atoms in total. The van der Waals surface area contributed by atoms with E-state index in [1.807, 2.05) is 0 Å². The van der Waals surface area contributed by atoms with Gasteiger partial charge >= 0.3 is 0 Å². The molecule has 10 heteroatoms. The lowest BCUT2D eigenvalue weighted by Crippen LogP contribution is -2.14. The average molecular weight is 379 g/mol. The van der Waals surface area contributed by atoms with Crippen molar-refractivity contribution in [2.45, 2.75) is 4.90 Å². The van der Waals surface area contributed by atoms with Gasteiger partial charge in [0.2, 0.25) is 10.0 Å². The van der Waals surface area contributed by atoms with E-state index in [4.69, 9.17) is 11.6 Å². The zero-order valence-electron chi connectivity index (χ0n) is 11.7. The van der Waals surface area contributed by atoms with E-state index < -0.39 is 30.8 Å². The van der Waals surface area contributed by atoms with Crippen molar-refractivity contribution in [3.63, 3.8) is 0 Å². The average Bonchev–Trinajstić information content (AvgIpc) is 2.38. The normalized spacial score (nSPS) is 12.0. The monoisotopic (exact) mass is 378 g/mol. The first kappa shape index (κ1) is 17.5. The second kappa shape index (κ2) is 6.34. The summed E-state index contributed by atoms with van der Waals surface area (Å²) in [5.74, 6) is -0.972. The Balaban J connectivity index is 2.24. The first-order valence-electron chi connectivity index (χ1n) is 6.12. The van der Waals surface area contributed by atoms with E-state index >= 15 is 0 Å². The summed E-state index contributed by atoms with van der Waals surface area (Å²) >= 11 is 5.59. The highest BCUT2D eigenvalue weighted by Gasteiger charge is 2.19. The van der Waals surface area contributed by atoms with Gasteiger partial charge in [0.1, 0.15) is 10.7 Å². The molecule has 0 aromatic heterocycles. The van der Waals surface area contributed by atoms with Crippen LogP contribution in [0.15, 0.2) is 47.4 Å². The summed E-state index contributed by atoms with van der Waals surface area (Å²) in [6, 6.07) is 8.65. The summed E-state index contributed by atoms with van der Waals surface area (Å²) in [6.45, 7) is 0. The Hall–Kier alpha value is -1.84. The first-order chi connectivity index (χ1) is 10.6. The van der Waals surface area contributed by atoms with Gasteiger partial charge in [0.15, 0.2) is 0 Å². The Morgan fingerprint density at radius 1 is 0.913 bits per heavy atom. The van der Waals surface area contributed by atoms with Gasteiger partial charge in [0.05, 0.1) is 6.26 Å². The molecule has 0 aliphatic rings. The lowest BCUT2D eigenvalue weighted by molar-refractivity contribution is 0.570. The van der Waals surface area contributed by atoms with Gasteiger partial charge in [-0.15, -0.1) is 0 Å². The number of hydrogen-bond donors (Lipinski definition) is 2. The van der Waals surface area contributed by atoms with Crippen LogP contribution in [0.5, 0.6) is 0 Å². The van der Waals surface area contributed by atoms with Crippen LogP contribution in [0.1, 0.15) is 0 Å². The van der Waals surface area contributed by atoms with Gasteiger partial charge in [0, 0.05) is 16.4 Å². The van der Waals surface area contributed by atoms with Crippen LogP contribution in [0.25, 0.3) is 0 Å². The van der Waals surface area contributed by atoms with Crippen molar-refractivity contribution < 1.29 is 21.2 Å². The van der Waals surface area contributed by atoms with Crippen molar-refractivity contribution in [2.24, 2.45) is 0 Å². The molecule has 0 atom stereocenters. The fourth-order valence-electron chi connectivity index (χ4n) is 1.72. The van der Waals surface area contributed by atoms with E-state index in [0.29, 0.717) is 0 Å². The van der Waals surface area contributed by atoms with Crippen molar-refractivity contribution in [2.75, 3.05) is 15.7 Å². The van der Waals surface area contributed by atoms with Crippen molar-refractivity contribution in [3.8, 4) is 0 Å². The summed E-state index contributed by atoms with van der Waals surface area (Å²) in [6.07, 6.45) is 0.993. The third kappa shape index (κ3) is 4.81. The number of rotatable bonds is 5. The summed E-state index contributed by atoms with van der Waals surface area (Å²) in [7, 11) is -7.56. The van der Waals surface area contributed by atoms with Crippen LogP contribution in [0.4, 0.5) is 15.8 Å². The van der Waals surface area contributed by atoms with E-state index in [1.54, 1.807) is 0 Å². The Morgan fingerprint density at radius 2 is 1.43 bits per heavy atom. The Bertz CT molecular complexity index is 929. The highest BCUT2D eigenvalue weighted by atomic mass is 35.5. The summed E-state index contributed by atoms with van der Waals surface area (Å²) in [4.78, 5) is -0.541. The predicted octanol–water partition coefficient (Wildman–Crippen LogP) is 2.65. The smallest absolute Gasteiger partial charge is 0.264 e. The number of anilines is 2. The van der Waals surface area contributed by atoms with Gasteiger partial charge < -0.3 is 0 Å². The predicted molar refractivity (Wildman–Crippen MR) is 87.1 cm³/mol. The number of sulfonamides is 2. The van der Waals surface area contributed by atoms with E-state index in [-0.39, 0.29) is 16.4 Å². The van der Waals surface area contributed by atoms with Crippen LogP contribution in [0.3, 0.4) is 0 Å². The SMILES string of the molecule is CS(=O)(=O)Nc1ccc(NS(=O)(=O)c2ccc(Cl)cc2F)cc1. The van der Waals surface area contributed by atoms with Crippen molar-refractivity contribution in [1.29, 1.82) is 0 Å². The lowest BCUT2D eigenvalue weighted by Gasteiger charge is -2.10. The van der Waals surface area contributed by atoms with Crippen LogP contribution in [-0.4, -0.2) is 23.1 Å². The highest BCUT2D eigenvalue weighted by molar-refractivity contribution is 7.92. The van der Waals surface area contributed by atoms with Gasteiger partial charge in [-0.05, 0) is 42.5 Å². The van der Waals surface area contributed by atoms with Crippen LogP contribution in [-0.2, 0) is 20.0 Å². The standard InChI is InChI=1S/C13H12ClFN2O4S2/c1-22(18,19)16-10-3-5-11(6-4-10)17-23(20,21)13-7-2-9(14)8-12(13)15/h2-8,16-17H,1H3. The molecule has 0 saturated carbocycles. The van der Waals surface area contributed by atoms with Crippen molar-refractivity contribution in [3.05, 3.63) is 53.3 Å². The Morgan fingerprint density at radius 3 is 1.91 bits per heavy atom. The molecule has 0 unspecified atom stereocenters. The molecule has 0 radical (unpaired) electrons. The van der Waals surface area contributed by atoms with Gasteiger partial charge in [-0.2, -0.15) is 0 Å². The van der Waals surface area contributed by atoms with Crippen LogP contribution < -0.4 is 9.44 Å². The quantitative estimate of drug-likeness (QED) is 0.836. The van der Waals surface area contributed by atoms with Gasteiger partial charge in [0.25, 0.3) is 10.0 Å². The summed E-state index contributed by atoms with van der Waals surface area (Å²) in [5, 5.41) is 0.0812. The molecule has 2 rings (SSSR count). The molecule has 0 fully saturated rings. The van der Waals surface area contributed by atoms with Gasteiger partial charge in [-0.1, -0.05) is 11.6 Å². The van der Waals surface area contributed by atoms with Crippen LogP contribution >= 0.6 is 11.6 Å². The number of halogens is 2. The van der Waals surface area contributed by atoms with E-state index in [1.165, 1.54) is 30.3 Å². The van der Waals surface area contributed by atoms with Gasteiger partial charge in [-0.25, -0.2) is 21.2 Å². The fourth-order valence-corrected chi connectivity index (χ4v) is 3.57. The Labute approximate surface area is 138 Å². The third-order valence-electron chi connectivity index (χ3n) is 2.62. The molecule has 23 heavy (non-hydrogen) atoms. The number of benzene rings is 2. The maximum absolute atomic E-state index is 13.7. The molecule has 0 saturated heterocycles. The number of nitrogens with one attached hydrogen (secondary N) is 2. The molecule has 2 aromatic carbocycles. The maximum atomic E-state index is 13.7. The number of hydrogen-bond acceptors (Lipinski definition) is 4. The Kier molecular flexibility index (Phi) is 4.83. The molecule has 2 N–H and O–H groups in total. The van der Waals surface area contributed by atoms with Gasteiger partial charge in [-0.3, -0.25) is 9.44 Å². The second-order valence-corrected chi connectivity index (χ2v) is 8.47. The zero-order chi connectivity index (χ0) is 17.3. The molecule has 0 amide bonds. The maximum Gasteiger partial charge on any atom is 0.264 e. The summed E-state index contributed by atoms with van der Waals surface area (Å²) < 4.78 is 64.6. The molecule has 0 aliphatic carbocycles. The van der Waals surface area contributed by atoms with Crippen LogP contribution in [0, 0.1) is 5.82 Å².